The summed E-state index contributed by atoms with van der Waals surface area (Å²) < 4.78 is 0.839. The van der Waals surface area contributed by atoms with Gasteiger partial charge >= 0.3 is 0 Å². The van der Waals surface area contributed by atoms with Gasteiger partial charge in [-0.3, -0.25) is 10.1 Å². The summed E-state index contributed by atoms with van der Waals surface area (Å²) in [6.45, 7) is 2.10. The van der Waals surface area contributed by atoms with Crippen LogP contribution in [0.4, 0.5) is 5.13 Å². The molecule has 0 spiro atoms. The minimum absolute atomic E-state index is 0.168. The Morgan fingerprint density at radius 2 is 1.78 bits per heavy atom. The summed E-state index contributed by atoms with van der Waals surface area (Å²) in [4.78, 5) is 12.7. The van der Waals surface area contributed by atoms with Gasteiger partial charge in [0, 0.05) is 11.3 Å². The summed E-state index contributed by atoms with van der Waals surface area (Å²) in [6, 6.07) is 21.9. The minimum Gasteiger partial charge on any atom is -0.296 e. The fourth-order valence-corrected chi connectivity index (χ4v) is 4.64. The fraction of sp³-hybridized carbons (Fsp3) is 0.0952. The van der Waals surface area contributed by atoms with E-state index in [1.807, 2.05) is 54.6 Å². The Bertz CT molecular complexity index is 1100. The van der Waals surface area contributed by atoms with Crippen molar-refractivity contribution in [2.45, 2.75) is 17.0 Å². The number of nitrogens with one attached hydrogen (secondary N) is 1. The standard InChI is InChI=1S/C21H17N3OS2/c1-14-7-2-3-9-16(14)13-26-21-24-23-20(27-21)22-19(25)18-12-6-10-15-8-4-5-11-17(15)18/h2-12H,13H2,1H3,(H,22,23,25). The SMILES string of the molecule is Cc1ccccc1CSc1nnc(NC(=O)c2cccc3ccccc23)s1. The normalized spacial score (nSPS) is 10.9. The van der Waals surface area contributed by atoms with Crippen molar-refractivity contribution in [2.24, 2.45) is 0 Å². The first-order valence-corrected chi connectivity index (χ1v) is 10.3. The van der Waals surface area contributed by atoms with E-state index in [0.717, 1.165) is 20.9 Å². The second kappa shape index (κ2) is 7.90. The molecule has 1 amide bonds. The number of hydrogen-bond acceptors (Lipinski definition) is 5. The maximum absolute atomic E-state index is 12.7. The molecule has 3 aromatic carbocycles. The van der Waals surface area contributed by atoms with E-state index in [9.17, 15) is 4.79 Å². The molecule has 0 bridgehead atoms. The van der Waals surface area contributed by atoms with Crippen LogP contribution in [0.25, 0.3) is 10.8 Å². The van der Waals surface area contributed by atoms with E-state index in [1.165, 1.54) is 22.5 Å². The molecule has 0 aliphatic heterocycles. The number of fused-ring (bicyclic) bond motifs is 1. The molecule has 134 valence electrons. The lowest BCUT2D eigenvalue weighted by atomic mass is 10.0. The zero-order valence-corrected chi connectivity index (χ0v) is 16.3. The predicted molar refractivity (Wildman–Crippen MR) is 113 cm³/mol. The number of thioether (sulfide) groups is 1. The van der Waals surface area contributed by atoms with Crippen LogP contribution in [0.15, 0.2) is 71.1 Å². The van der Waals surface area contributed by atoms with Crippen LogP contribution in [-0.2, 0) is 5.75 Å². The van der Waals surface area contributed by atoms with Crippen molar-refractivity contribution in [1.29, 1.82) is 0 Å². The van der Waals surface area contributed by atoms with Crippen molar-refractivity contribution in [3.05, 3.63) is 83.4 Å². The van der Waals surface area contributed by atoms with Crippen molar-refractivity contribution in [1.82, 2.24) is 10.2 Å². The maximum atomic E-state index is 12.7. The average Bonchev–Trinajstić information content (AvgIpc) is 3.14. The molecule has 4 rings (SSSR count). The summed E-state index contributed by atoms with van der Waals surface area (Å²) >= 11 is 3.02. The Morgan fingerprint density at radius 1 is 1.00 bits per heavy atom. The number of benzene rings is 3. The lowest BCUT2D eigenvalue weighted by Crippen LogP contribution is -2.12. The van der Waals surface area contributed by atoms with Gasteiger partial charge in [-0.25, -0.2) is 0 Å². The lowest BCUT2D eigenvalue weighted by Gasteiger charge is -2.05. The minimum atomic E-state index is -0.168. The van der Waals surface area contributed by atoms with Crippen molar-refractivity contribution < 1.29 is 4.79 Å². The van der Waals surface area contributed by atoms with Gasteiger partial charge in [0.1, 0.15) is 0 Å². The van der Waals surface area contributed by atoms with Gasteiger partial charge in [0.15, 0.2) is 4.34 Å². The largest absolute Gasteiger partial charge is 0.296 e. The van der Waals surface area contributed by atoms with Crippen molar-refractivity contribution in [3.63, 3.8) is 0 Å². The third kappa shape index (κ3) is 4.02. The third-order valence-corrected chi connectivity index (χ3v) is 6.29. The van der Waals surface area contributed by atoms with Gasteiger partial charge in [-0.1, -0.05) is 83.8 Å². The highest BCUT2D eigenvalue weighted by Gasteiger charge is 2.13. The van der Waals surface area contributed by atoms with Crippen molar-refractivity contribution in [3.8, 4) is 0 Å². The molecule has 0 saturated heterocycles. The van der Waals surface area contributed by atoms with Gasteiger partial charge in [-0.15, -0.1) is 10.2 Å². The fourth-order valence-electron chi connectivity index (χ4n) is 2.82. The molecule has 0 aliphatic carbocycles. The maximum Gasteiger partial charge on any atom is 0.258 e. The molecule has 4 nitrogen and oxygen atoms in total. The highest BCUT2D eigenvalue weighted by Crippen LogP contribution is 2.29. The number of carbonyl (C=O) groups is 1. The van der Waals surface area contributed by atoms with Crippen LogP contribution in [0.5, 0.6) is 0 Å². The summed E-state index contributed by atoms with van der Waals surface area (Å²) in [6.07, 6.45) is 0. The van der Waals surface area contributed by atoms with Crippen LogP contribution in [-0.4, -0.2) is 16.1 Å². The number of nitrogens with zero attached hydrogens (tertiary/aromatic N) is 2. The molecule has 4 aromatic rings. The predicted octanol–water partition coefficient (Wildman–Crippen LogP) is 5.54. The zero-order chi connectivity index (χ0) is 18.6. The molecule has 1 N–H and O–H groups in total. The number of aromatic nitrogens is 2. The molecule has 0 atom stereocenters. The number of carbonyl (C=O) groups excluding carboxylic acids is 1. The first-order chi connectivity index (χ1) is 13.2. The first-order valence-electron chi connectivity index (χ1n) is 8.50. The number of amides is 1. The second-order valence-electron chi connectivity index (χ2n) is 6.07. The number of aryl methyl sites for hydroxylation is 1. The van der Waals surface area contributed by atoms with Crippen LogP contribution < -0.4 is 5.32 Å². The van der Waals surface area contributed by atoms with E-state index in [-0.39, 0.29) is 5.91 Å². The Morgan fingerprint density at radius 3 is 2.67 bits per heavy atom. The molecule has 0 unspecified atom stereocenters. The molecule has 1 heterocycles. The second-order valence-corrected chi connectivity index (χ2v) is 8.27. The quantitative estimate of drug-likeness (QED) is 0.358. The topological polar surface area (TPSA) is 54.9 Å². The Kier molecular flexibility index (Phi) is 5.18. The van der Waals surface area contributed by atoms with E-state index in [1.54, 1.807) is 11.8 Å². The van der Waals surface area contributed by atoms with Gasteiger partial charge in [0.25, 0.3) is 5.91 Å². The zero-order valence-electron chi connectivity index (χ0n) is 14.7. The van der Waals surface area contributed by atoms with E-state index in [2.05, 4.69) is 34.6 Å². The molecule has 0 radical (unpaired) electrons. The lowest BCUT2D eigenvalue weighted by molar-refractivity contribution is 0.102. The molecule has 1 aromatic heterocycles. The van der Waals surface area contributed by atoms with E-state index >= 15 is 0 Å². The smallest absolute Gasteiger partial charge is 0.258 e. The molecule has 0 fully saturated rings. The van der Waals surface area contributed by atoms with Crippen molar-refractivity contribution in [2.75, 3.05) is 5.32 Å². The van der Waals surface area contributed by atoms with Crippen LogP contribution in [0.3, 0.4) is 0 Å². The molecular formula is C21H17N3OS2. The van der Waals surface area contributed by atoms with Crippen LogP contribution in [0, 0.1) is 6.92 Å². The van der Waals surface area contributed by atoms with Crippen LogP contribution in [0.1, 0.15) is 21.5 Å². The van der Waals surface area contributed by atoms with Crippen LogP contribution in [0.2, 0.25) is 0 Å². The molecule has 27 heavy (non-hydrogen) atoms. The third-order valence-electron chi connectivity index (χ3n) is 4.27. The highest BCUT2D eigenvalue weighted by molar-refractivity contribution is 8.00. The monoisotopic (exact) mass is 391 g/mol. The number of rotatable bonds is 5. The Balaban J connectivity index is 1.46. The van der Waals surface area contributed by atoms with Crippen molar-refractivity contribution >= 4 is 44.9 Å². The molecule has 6 heteroatoms. The van der Waals surface area contributed by atoms with E-state index < -0.39 is 0 Å². The molecule has 0 saturated carbocycles. The summed E-state index contributed by atoms with van der Waals surface area (Å²) in [7, 11) is 0. The summed E-state index contributed by atoms with van der Waals surface area (Å²) in [5.74, 6) is 0.664. The van der Waals surface area contributed by atoms with E-state index in [0.29, 0.717) is 10.7 Å². The van der Waals surface area contributed by atoms with Crippen LogP contribution >= 0.6 is 23.1 Å². The number of anilines is 1. The molecule has 0 aliphatic rings. The van der Waals surface area contributed by atoms with E-state index in [4.69, 9.17) is 0 Å². The number of hydrogen-bond donors (Lipinski definition) is 1. The van der Waals surface area contributed by atoms with Gasteiger partial charge in [-0.2, -0.15) is 0 Å². The van der Waals surface area contributed by atoms with Gasteiger partial charge in [-0.05, 0) is 34.9 Å². The summed E-state index contributed by atoms with van der Waals surface area (Å²) in [5.41, 5.74) is 3.18. The van der Waals surface area contributed by atoms with Gasteiger partial charge in [0.05, 0.1) is 0 Å². The summed E-state index contributed by atoms with van der Waals surface area (Å²) in [5, 5.41) is 13.7. The first kappa shape index (κ1) is 17.7. The average molecular weight is 392 g/mol. The van der Waals surface area contributed by atoms with Gasteiger partial charge < -0.3 is 0 Å². The Hall–Kier alpha value is -2.70. The Labute approximate surface area is 165 Å². The van der Waals surface area contributed by atoms with Gasteiger partial charge in [0.2, 0.25) is 5.13 Å². The molecular weight excluding hydrogens is 374 g/mol. The highest BCUT2D eigenvalue weighted by atomic mass is 32.2.